The SMILES string of the molecule is COCCN(CCOC)Cc1cccc(N)c1C(=O)OC. The van der Waals surface area contributed by atoms with Gasteiger partial charge >= 0.3 is 5.97 Å². The van der Waals surface area contributed by atoms with Crippen molar-refractivity contribution in [2.24, 2.45) is 0 Å². The third-order valence-corrected chi connectivity index (χ3v) is 3.19. The Bertz CT molecular complexity index is 443. The van der Waals surface area contributed by atoms with Crippen LogP contribution in [-0.4, -0.2) is 58.5 Å². The molecule has 0 unspecified atom stereocenters. The molecule has 0 radical (unpaired) electrons. The molecule has 0 aromatic heterocycles. The highest BCUT2D eigenvalue weighted by Crippen LogP contribution is 2.19. The van der Waals surface area contributed by atoms with Crippen LogP contribution in [0.2, 0.25) is 0 Å². The van der Waals surface area contributed by atoms with Crippen LogP contribution in [0.5, 0.6) is 0 Å². The van der Waals surface area contributed by atoms with Crippen LogP contribution < -0.4 is 5.73 Å². The smallest absolute Gasteiger partial charge is 0.340 e. The topological polar surface area (TPSA) is 74.0 Å². The van der Waals surface area contributed by atoms with Gasteiger partial charge in [-0.2, -0.15) is 0 Å². The Labute approximate surface area is 125 Å². The molecule has 1 aromatic rings. The van der Waals surface area contributed by atoms with E-state index in [0.717, 1.165) is 18.7 Å². The minimum atomic E-state index is -0.415. The number of benzene rings is 1. The van der Waals surface area contributed by atoms with Gasteiger partial charge in [0.1, 0.15) is 0 Å². The number of hydrogen-bond donors (Lipinski definition) is 1. The number of anilines is 1. The van der Waals surface area contributed by atoms with E-state index in [4.69, 9.17) is 19.9 Å². The van der Waals surface area contributed by atoms with Crippen molar-refractivity contribution in [3.05, 3.63) is 29.3 Å². The predicted molar refractivity (Wildman–Crippen MR) is 81.2 cm³/mol. The molecule has 0 amide bonds. The number of carbonyl (C=O) groups excluding carboxylic acids is 1. The Morgan fingerprint density at radius 3 is 2.29 bits per heavy atom. The summed E-state index contributed by atoms with van der Waals surface area (Å²) in [6.45, 7) is 3.30. The van der Waals surface area contributed by atoms with Gasteiger partial charge in [-0.05, 0) is 11.6 Å². The molecule has 0 aliphatic carbocycles. The molecule has 6 nitrogen and oxygen atoms in total. The number of esters is 1. The van der Waals surface area contributed by atoms with Gasteiger partial charge in [0.05, 0.1) is 25.9 Å². The summed E-state index contributed by atoms with van der Waals surface area (Å²) in [5.41, 5.74) is 7.61. The molecular weight excluding hydrogens is 272 g/mol. The van der Waals surface area contributed by atoms with Crippen LogP contribution in [0.1, 0.15) is 15.9 Å². The molecule has 2 N–H and O–H groups in total. The second-order valence-electron chi connectivity index (χ2n) is 4.63. The van der Waals surface area contributed by atoms with Crippen molar-refractivity contribution in [1.82, 2.24) is 4.90 Å². The highest BCUT2D eigenvalue weighted by Gasteiger charge is 2.17. The summed E-state index contributed by atoms with van der Waals surface area (Å²) < 4.78 is 15.0. The molecule has 0 atom stereocenters. The number of nitrogens with two attached hydrogens (primary N) is 1. The van der Waals surface area contributed by atoms with Gasteiger partial charge in [-0.15, -0.1) is 0 Å². The fourth-order valence-corrected chi connectivity index (χ4v) is 2.05. The van der Waals surface area contributed by atoms with Crippen LogP contribution in [0.25, 0.3) is 0 Å². The van der Waals surface area contributed by atoms with E-state index in [1.807, 2.05) is 12.1 Å². The van der Waals surface area contributed by atoms with Gasteiger partial charge < -0.3 is 19.9 Å². The summed E-state index contributed by atoms with van der Waals surface area (Å²) in [6, 6.07) is 5.42. The Balaban J connectivity index is 2.91. The largest absolute Gasteiger partial charge is 0.465 e. The van der Waals surface area contributed by atoms with Crippen LogP contribution in [0.15, 0.2) is 18.2 Å². The lowest BCUT2D eigenvalue weighted by molar-refractivity contribution is 0.0598. The van der Waals surface area contributed by atoms with E-state index >= 15 is 0 Å². The highest BCUT2D eigenvalue weighted by atomic mass is 16.5. The van der Waals surface area contributed by atoms with Crippen molar-refractivity contribution in [3.63, 3.8) is 0 Å². The molecule has 0 heterocycles. The van der Waals surface area contributed by atoms with Gasteiger partial charge in [-0.1, -0.05) is 12.1 Å². The maximum atomic E-state index is 11.9. The molecule has 0 saturated carbocycles. The molecule has 0 aliphatic rings. The lowest BCUT2D eigenvalue weighted by Crippen LogP contribution is -2.31. The normalized spacial score (nSPS) is 10.9. The van der Waals surface area contributed by atoms with Crippen LogP contribution >= 0.6 is 0 Å². The van der Waals surface area contributed by atoms with Crippen LogP contribution in [0, 0.1) is 0 Å². The third-order valence-electron chi connectivity index (χ3n) is 3.19. The molecular formula is C15H24N2O4. The molecule has 0 fully saturated rings. The first-order valence-electron chi connectivity index (χ1n) is 6.80. The molecule has 0 saturated heterocycles. The predicted octanol–water partition coefficient (Wildman–Crippen LogP) is 1.15. The summed E-state index contributed by atoms with van der Waals surface area (Å²) in [7, 11) is 4.68. The summed E-state index contributed by atoms with van der Waals surface area (Å²) in [5, 5.41) is 0. The standard InChI is InChI=1S/C15H24N2O4/c1-19-9-7-17(8-10-20-2)11-12-5-4-6-13(16)14(12)15(18)21-3/h4-6H,7-11,16H2,1-3H3. The third kappa shape index (κ3) is 5.34. The minimum absolute atomic E-state index is 0.415. The number of carbonyl (C=O) groups is 1. The number of ether oxygens (including phenoxy) is 3. The number of hydrogen-bond acceptors (Lipinski definition) is 6. The van der Waals surface area contributed by atoms with Crippen LogP contribution in [0.4, 0.5) is 5.69 Å². The van der Waals surface area contributed by atoms with E-state index < -0.39 is 5.97 Å². The average Bonchev–Trinajstić information content (AvgIpc) is 2.49. The zero-order chi connectivity index (χ0) is 15.7. The molecule has 118 valence electrons. The van der Waals surface area contributed by atoms with Crippen LogP contribution in [-0.2, 0) is 20.8 Å². The Morgan fingerprint density at radius 1 is 1.14 bits per heavy atom. The second-order valence-corrected chi connectivity index (χ2v) is 4.63. The fourth-order valence-electron chi connectivity index (χ4n) is 2.05. The summed E-state index contributed by atoms with van der Waals surface area (Å²) >= 11 is 0. The molecule has 1 rings (SSSR count). The Hall–Kier alpha value is -1.63. The monoisotopic (exact) mass is 296 g/mol. The van der Waals surface area contributed by atoms with Gasteiger partial charge in [0.2, 0.25) is 0 Å². The van der Waals surface area contributed by atoms with Crippen molar-refractivity contribution in [3.8, 4) is 0 Å². The maximum Gasteiger partial charge on any atom is 0.340 e. The van der Waals surface area contributed by atoms with E-state index in [-0.39, 0.29) is 0 Å². The fraction of sp³-hybridized carbons (Fsp3) is 0.533. The van der Waals surface area contributed by atoms with Gasteiger partial charge in [0.15, 0.2) is 0 Å². The van der Waals surface area contributed by atoms with E-state index in [0.29, 0.717) is 31.0 Å². The zero-order valence-electron chi connectivity index (χ0n) is 12.9. The highest BCUT2D eigenvalue weighted by molar-refractivity contribution is 5.96. The molecule has 6 heteroatoms. The van der Waals surface area contributed by atoms with Crippen molar-refractivity contribution < 1.29 is 19.0 Å². The lowest BCUT2D eigenvalue weighted by Gasteiger charge is -2.23. The molecule has 0 spiro atoms. The maximum absolute atomic E-state index is 11.9. The van der Waals surface area contributed by atoms with E-state index in [1.165, 1.54) is 7.11 Å². The minimum Gasteiger partial charge on any atom is -0.465 e. The molecule has 21 heavy (non-hydrogen) atoms. The summed E-state index contributed by atoms with van der Waals surface area (Å²) in [5.74, 6) is -0.415. The molecule has 1 aromatic carbocycles. The van der Waals surface area contributed by atoms with Crippen molar-refractivity contribution in [2.75, 3.05) is 53.4 Å². The first-order valence-corrected chi connectivity index (χ1v) is 6.80. The quantitative estimate of drug-likeness (QED) is 0.544. The number of rotatable bonds is 9. The number of methoxy groups -OCH3 is 3. The van der Waals surface area contributed by atoms with Gasteiger partial charge in [0, 0.05) is 39.5 Å². The van der Waals surface area contributed by atoms with E-state index in [9.17, 15) is 4.79 Å². The number of nitrogens with zero attached hydrogens (tertiary/aromatic N) is 1. The van der Waals surface area contributed by atoms with Crippen molar-refractivity contribution >= 4 is 11.7 Å². The summed E-state index contributed by atoms with van der Waals surface area (Å²) in [4.78, 5) is 14.0. The average molecular weight is 296 g/mol. The zero-order valence-corrected chi connectivity index (χ0v) is 12.9. The lowest BCUT2D eigenvalue weighted by atomic mass is 10.0. The van der Waals surface area contributed by atoms with E-state index in [2.05, 4.69) is 4.90 Å². The summed E-state index contributed by atoms with van der Waals surface area (Å²) in [6.07, 6.45) is 0. The van der Waals surface area contributed by atoms with Crippen molar-refractivity contribution in [1.29, 1.82) is 0 Å². The van der Waals surface area contributed by atoms with Gasteiger partial charge in [-0.3, -0.25) is 4.90 Å². The van der Waals surface area contributed by atoms with E-state index in [1.54, 1.807) is 20.3 Å². The van der Waals surface area contributed by atoms with Crippen molar-refractivity contribution in [2.45, 2.75) is 6.54 Å². The number of nitrogen functional groups attached to an aromatic ring is 1. The second kappa shape index (κ2) is 9.33. The molecule has 0 bridgehead atoms. The Kier molecular flexibility index (Phi) is 7.74. The van der Waals surface area contributed by atoms with Gasteiger partial charge in [-0.25, -0.2) is 4.79 Å². The molecule has 0 aliphatic heterocycles. The van der Waals surface area contributed by atoms with Crippen LogP contribution in [0.3, 0.4) is 0 Å². The first-order chi connectivity index (χ1) is 10.1. The van der Waals surface area contributed by atoms with Gasteiger partial charge in [0.25, 0.3) is 0 Å². The first kappa shape index (κ1) is 17.4. The Morgan fingerprint density at radius 2 is 1.76 bits per heavy atom.